The van der Waals surface area contributed by atoms with E-state index in [1.54, 1.807) is 7.11 Å². The van der Waals surface area contributed by atoms with E-state index in [0.29, 0.717) is 22.9 Å². The third-order valence-electron chi connectivity index (χ3n) is 5.77. The number of piperidine rings is 1. The minimum absolute atomic E-state index is 0.232. The summed E-state index contributed by atoms with van der Waals surface area (Å²) in [5.41, 5.74) is 3.29. The predicted octanol–water partition coefficient (Wildman–Crippen LogP) is 4.02. The second-order valence-corrected chi connectivity index (χ2v) is 7.88. The summed E-state index contributed by atoms with van der Waals surface area (Å²) in [5.74, 6) is 0.714. The summed E-state index contributed by atoms with van der Waals surface area (Å²) in [5, 5.41) is 0. The summed E-state index contributed by atoms with van der Waals surface area (Å²) in [6.45, 7) is 5.69. The SMILES string of the molecule is COc1ccc(C2=C(N3CCCC(C)C3)C(=O)N(c3ccccc3C)C2=O)cc1. The summed E-state index contributed by atoms with van der Waals surface area (Å²) in [6, 6.07) is 14.9. The lowest BCUT2D eigenvalue weighted by atomic mass is 9.98. The van der Waals surface area contributed by atoms with E-state index in [1.807, 2.05) is 55.5 Å². The standard InChI is InChI=1S/C24H26N2O3/c1-16-7-6-14-25(15-16)22-21(18-10-12-19(29-3)13-11-18)23(27)26(24(22)28)20-9-5-4-8-17(20)2/h4-5,8-13,16H,6-7,14-15H2,1-3H3. The van der Waals surface area contributed by atoms with Crippen LogP contribution in [0, 0.1) is 12.8 Å². The average Bonchev–Trinajstić information content (AvgIpc) is 2.99. The van der Waals surface area contributed by atoms with Crippen LogP contribution in [0.4, 0.5) is 5.69 Å². The Labute approximate surface area is 171 Å². The highest BCUT2D eigenvalue weighted by atomic mass is 16.5. The second kappa shape index (κ2) is 7.74. The molecule has 0 spiro atoms. The zero-order valence-corrected chi connectivity index (χ0v) is 17.1. The molecular weight excluding hydrogens is 364 g/mol. The van der Waals surface area contributed by atoms with Gasteiger partial charge in [0.05, 0.1) is 18.4 Å². The van der Waals surface area contributed by atoms with Crippen molar-refractivity contribution in [3.8, 4) is 5.75 Å². The van der Waals surface area contributed by atoms with E-state index in [4.69, 9.17) is 4.74 Å². The fourth-order valence-corrected chi connectivity index (χ4v) is 4.26. The molecule has 0 aliphatic carbocycles. The number of anilines is 1. The molecule has 0 bridgehead atoms. The quantitative estimate of drug-likeness (QED) is 0.740. The van der Waals surface area contributed by atoms with E-state index >= 15 is 0 Å². The normalized spacial score (nSPS) is 19.9. The molecule has 0 aromatic heterocycles. The fraction of sp³-hybridized carbons (Fsp3) is 0.333. The van der Waals surface area contributed by atoms with Crippen molar-refractivity contribution in [2.45, 2.75) is 26.7 Å². The van der Waals surface area contributed by atoms with E-state index < -0.39 is 0 Å². The summed E-state index contributed by atoms with van der Waals surface area (Å²) in [6.07, 6.45) is 2.16. The molecule has 2 amide bonds. The van der Waals surface area contributed by atoms with E-state index in [2.05, 4.69) is 11.8 Å². The van der Waals surface area contributed by atoms with Crippen molar-refractivity contribution in [3.63, 3.8) is 0 Å². The van der Waals surface area contributed by atoms with Crippen LogP contribution >= 0.6 is 0 Å². The Morgan fingerprint density at radius 3 is 2.38 bits per heavy atom. The maximum absolute atomic E-state index is 13.6. The number of para-hydroxylation sites is 1. The molecule has 29 heavy (non-hydrogen) atoms. The number of nitrogens with zero attached hydrogens (tertiary/aromatic N) is 2. The van der Waals surface area contributed by atoms with Gasteiger partial charge in [-0.25, -0.2) is 4.90 Å². The Hall–Kier alpha value is -3.08. The van der Waals surface area contributed by atoms with Crippen molar-refractivity contribution in [2.24, 2.45) is 5.92 Å². The van der Waals surface area contributed by atoms with Gasteiger partial charge in [-0.3, -0.25) is 9.59 Å². The lowest BCUT2D eigenvalue weighted by Gasteiger charge is -2.33. The largest absolute Gasteiger partial charge is 0.497 e. The number of ether oxygens (including phenoxy) is 1. The van der Waals surface area contributed by atoms with Gasteiger partial charge in [0, 0.05) is 13.1 Å². The Morgan fingerprint density at radius 2 is 1.72 bits per heavy atom. The third-order valence-corrected chi connectivity index (χ3v) is 5.77. The number of aryl methyl sites for hydroxylation is 1. The van der Waals surface area contributed by atoms with Crippen molar-refractivity contribution < 1.29 is 14.3 Å². The predicted molar refractivity (Wildman–Crippen MR) is 114 cm³/mol. The first-order chi connectivity index (χ1) is 14.0. The number of likely N-dealkylation sites (tertiary alicyclic amines) is 1. The van der Waals surface area contributed by atoms with Gasteiger partial charge < -0.3 is 9.64 Å². The van der Waals surface area contributed by atoms with Crippen LogP contribution in [-0.4, -0.2) is 36.9 Å². The van der Waals surface area contributed by atoms with Crippen LogP contribution in [0.15, 0.2) is 54.2 Å². The van der Waals surface area contributed by atoms with Gasteiger partial charge in [-0.15, -0.1) is 0 Å². The van der Waals surface area contributed by atoms with Crippen molar-refractivity contribution in [1.82, 2.24) is 4.90 Å². The molecule has 1 saturated heterocycles. The molecule has 4 rings (SSSR count). The molecule has 1 unspecified atom stereocenters. The Kier molecular flexibility index (Phi) is 5.14. The summed E-state index contributed by atoms with van der Waals surface area (Å²) >= 11 is 0. The highest BCUT2D eigenvalue weighted by molar-refractivity contribution is 6.45. The number of hydrogen-bond acceptors (Lipinski definition) is 4. The first-order valence-electron chi connectivity index (χ1n) is 10.1. The Balaban J connectivity index is 1.83. The van der Waals surface area contributed by atoms with Crippen LogP contribution in [0.1, 0.15) is 30.9 Å². The molecule has 5 heteroatoms. The maximum atomic E-state index is 13.6. The number of rotatable bonds is 4. The molecule has 2 aromatic rings. The molecule has 2 aliphatic heterocycles. The van der Waals surface area contributed by atoms with Crippen LogP contribution in [0.5, 0.6) is 5.75 Å². The van der Waals surface area contributed by atoms with Gasteiger partial charge >= 0.3 is 0 Å². The van der Waals surface area contributed by atoms with Gasteiger partial charge in [-0.2, -0.15) is 0 Å². The lowest BCUT2D eigenvalue weighted by molar-refractivity contribution is -0.120. The molecule has 1 fully saturated rings. The lowest BCUT2D eigenvalue weighted by Crippen LogP contribution is -2.39. The van der Waals surface area contributed by atoms with Crippen molar-refractivity contribution in [3.05, 3.63) is 65.4 Å². The average molecular weight is 390 g/mol. The van der Waals surface area contributed by atoms with Gasteiger partial charge in [-0.05, 0) is 55.0 Å². The number of carbonyl (C=O) groups excluding carboxylic acids is 2. The van der Waals surface area contributed by atoms with Gasteiger partial charge in [0.25, 0.3) is 11.8 Å². The van der Waals surface area contributed by atoms with Crippen molar-refractivity contribution in [1.29, 1.82) is 0 Å². The summed E-state index contributed by atoms with van der Waals surface area (Å²) in [4.78, 5) is 30.5. The number of amides is 2. The molecule has 150 valence electrons. The van der Waals surface area contributed by atoms with Crippen molar-refractivity contribution >= 4 is 23.1 Å². The Morgan fingerprint density at radius 1 is 1.00 bits per heavy atom. The monoisotopic (exact) mass is 390 g/mol. The number of methoxy groups -OCH3 is 1. The van der Waals surface area contributed by atoms with Gasteiger partial charge in [0.2, 0.25) is 0 Å². The van der Waals surface area contributed by atoms with Gasteiger partial charge in [0.1, 0.15) is 11.4 Å². The van der Waals surface area contributed by atoms with Crippen LogP contribution in [0.25, 0.3) is 5.57 Å². The molecule has 0 radical (unpaired) electrons. The van der Waals surface area contributed by atoms with E-state index in [0.717, 1.165) is 42.8 Å². The van der Waals surface area contributed by atoms with Gasteiger partial charge in [0.15, 0.2) is 0 Å². The van der Waals surface area contributed by atoms with Crippen LogP contribution < -0.4 is 9.64 Å². The zero-order valence-electron chi connectivity index (χ0n) is 17.1. The molecule has 2 heterocycles. The minimum atomic E-state index is -0.261. The van der Waals surface area contributed by atoms with Crippen molar-refractivity contribution in [2.75, 3.05) is 25.1 Å². The first kappa shape index (κ1) is 19.2. The molecule has 1 atom stereocenters. The molecule has 2 aromatic carbocycles. The summed E-state index contributed by atoms with van der Waals surface area (Å²) in [7, 11) is 1.61. The van der Waals surface area contributed by atoms with Crippen LogP contribution in [0.3, 0.4) is 0 Å². The highest BCUT2D eigenvalue weighted by Gasteiger charge is 2.43. The highest BCUT2D eigenvalue weighted by Crippen LogP contribution is 2.37. The number of benzene rings is 2. The van der Waals surface area contributed by atoms with E-state index in [-0.39, 0.29) is 11.8 Å². The third kappa shape index (κ3) is 3.41. The minimum Gasteiger partial charge on any atom is -0.497 e. The van der Waals surface area contributed by atoms with E-state index in [9.17, 15) is 9.59 Å². The first-order valence-corrected chi connectivity index (χ1v) is 10.1. The molecule has 2 aliphatic rings. The maximum Gasteiger partial charge on any atom is 0.282 e. The zero-order chi connectivity index (χ0) is 20.5. The fourth-order valence-electron chi connectivity index (χ4n) is 4.26. The molecular formula is C24H26N2O3. The summed E-state index contributed by atoms with van der Waals surface area (Å²) < 4.78 is 5.25. The number of carbonyl (C=O) groups is 2. The molecule has 0 saturated carbocycles. The van der Waals surface area contributed by atoms with Crippen LogP contribution in [-0.2, 0) is 9.59 Å². The van der Waals surface area contributed by atoms with Gasteiger partial charge in [-0.1, -0.05) is 37.3 Å². The smallest absolute Gasteiger partial charge is 0.282 e. The molecule has 5 nitrogen and oxygen atoms in total. The van der Waals surface area contributed by atoms with E-state index in [1.165, 1.54) is 4.90 Å². The second-order valence-electron chi connectivity index (χ2n) is 7.88. The molecule has 0 N–H and O–H groups in total. The number of imide groups is 1. The van der Waals surface area contributed by atoms with Crippen LogP contribution in [0.2, 0.25) is 0 Å². The number of hydrogen-bond donors (Lipinski definition) is 0. The Bertz CT molecular complexity index is 978. The topological polar surface area (TPSA) is 49.9 Å².